The highest BCUT2D eigenvalue weighted by Gasteiger charge is 2.60. The molecule has 7 heteroatoms. The van der Waals surface area contributed by atoms with E-state index in [2.05, 4.69) is 17.4 Å². The number of piperidine rings is 1. The molecule has 3 fully saturated rings. The van der Waals surface area contributed by atoms with Gasteiger partial charge in [0.15, 0.2) is 11.7 Å². The molecule has 7 nitrogen and oxygen atoms in total. The van der Waals surface area contributed by atoms with Gasteiger partial charge in [0.05, 0.1) is 0 Å². The van der Waals surface area contributed by atoms with Gasteiger partial charge in [-0.15, -0.1) is 0 Å². The second-order valence-electron chi connectivity index (χ2n) is 7.90. The number of Topliss-reactive ketones (excluding diaryl/α,β-unsaturated/α-hetero) is 1. The monoisotopic (exact) mass is 370 g/mol. The molecule has 2 saturated carbocycles. The summed E-state index contributed by atoms with van der Waals surface area (Å²) in [7, 11) is 0. The average molecular weight is 370 g/mol. The lowest BCUT2D eigenvalue weighted by atomic mass is 9.83. The van der Waals surface area contributed by atoms with Crippen LogP contribution in [0.2, 0.25) is 0 Å². The van der Waals surface area contributed by atoms with E-state index in [4.69, 9.17) is 5.11 Å². The fraction of sp³-hybridized carbons (Fsp3) is 0.500. The van der Waals surface area contributed by atoms with Gasteiger partial charge in [0.1, 0.15) is 6.54 Å². The van der Waals surface area contributed by atoms with E-state index in [0.717, 1.165) is 5.56 Å². The first-order chi connectivity index (χ1) is 12.9. The van der Waals surface area contributed by atoms with Crippen LogP contribution < -0.4 is 5.32 Å². The van der Waals surface area contributed by atoms with Crippen LogP contribution >= 0.6 is 0 Å². The van der Waals surface area contributed by atoms with E-state index in [-0.39, 0.29) is 5.78 Å². The predicted octanol–water partition coefficient (Wildman–Crippen LogP) is 1.07. The number of ketones is 1. The van der Waals surface area contributed by atoms with Crippen LogP contribution in [0, 0.1) is 11.3 Å². The Bertz CT molecular complexity index is 808. The molecule has 0 bridgehead atoms. The zero-order valence-electron chi connectivity index (χ0n) is 14.9. The average Bonchev–Trinajstić information content (AvgIpc) is 3.53. The molecule has 1 spiro atoms. The van der Waals surface area contributed by atoms with Crippen LogP contribution in [0.4, 0.5) is 0 Å². The lowest BCUT2D eigenvalue weighted by Gasteiger charge is -2.36. The Balaban J connectivity index is 1.50. The van der Waals surface area contributed by atoms with Gasteiger partial charge >= 0.3 is 5.97 Å². The summed E-state index contributed by atoms with van der Waals surface area (Å²) in [4.78, 5) is 50.1. The smallest absolute Gasteiger partial charge is 0.322 e. The van der Waals surface area contributed by atoms with E-state index >= 15 is 0 Å². The Morgan fingerprint density at radius 3 is 2.37 bits per heavy atom. The molecular formula is C20H22N2O5. The van der Waals surface area contributed by atoms with Crippen LogP contribution in [-0.2, 0) is 25.7 Å². The van der Waals surface area contributed by atoms with E-state index in [1.165, 1.54) is 18.4 Å². The lowest BCUT2D eigenvalue weighted by molar-refractivity contribution is -0.156. The third-order valence-corrected chi connectivity index (χ3v) is 5.77. The maximum Gasteiger partial charge on any atom is 0.322 e. The lowest BCUT2D eigenvalue weighted by Crippen LogP contribution is -2.56. The van der Waals surface area contributed by atoms with Gasteiger partial charge in [0, 0.05) is 18.5 Å². The Labute approximate surface area is 156 Å². The van der Waals surface area contributed by atoms with Gasteiger partial charge in [-0.25, -0.2) is 0 Å². The number of hydrogen-bond acceptors (Lipinski definition) is 4. The molecule has 1 unspecified atom stereocenters. The SMILES string of the molecule is O=C(O)CNC(=O)C1C(=O)N(Cc2ccc(C3CC3)cc2)CC2(CC2)C1=O. The largest absolute Gasteiger partial charge is 0.480 e. The summed E-state index contributed by atoms with van der Waals surface area (Å²) in [6.45, 7) is 0.0742. The number of benzene rings is 1. The number of carboxylic acid groups (broad SMARTS) is 1. The van der Waals surface area contributed by atoms with Crippen molar-refractivity contribution < 1.29 is 24.3 Å². The fourth-order valence-corrected chi connectivity index (χ4v) is 3.84. The first kappa shape index (κ1) is 17.7. The number of hydrogen-bond donors (Lipinski definition) is 2. The second kappa shape index (κ2) is 6.48. The molecule has 1 heterocycles. The van der Waals surface area contributed by atoms with Gasteiger partial charge in [-0.05, 0) is 42.7 Å². The minimum Gasteiger partial charge on any atom is -0.480 e. The molecule has 0 aromatic heterocycles. The Morgan fingerprint density at radius 1 is 1.15 bits per heavy atom. The molecule has 3 aliphatic rings. The Kier molecular flexibility index (Phi) is 4.25. The molecular weight excluding hydrogens is 348 g/mol. The van der Waals surface area contributed by atoms with Crippen LogP contribution in [0.5, 0.6) is 0 Å². The third-order valence-electron chi connectivity index (χ3n) is 5.77. The quantitative estimate of drug-likeness (QED) is 0.729. The molecule has 1 saturated heterocycles. The van der Waals surface area contributed by atoms with E-state index in [1.54, 1.807) is 4.90 Å². The van der Waals surface area contributed by atoms with Crippen molar-refractivity contribution >= 4 is 23.6 Å². The van der Waals surface area contributed by atoms with Gasteiger partial charge in [-0.3, -0.25) is 19.2 Å². The van der Waals surface area contributed by atoms with Gasteiger partial charge in [-0.2, -0.15) is 0 Å². The Hall–Kier alpha value is -2.70. The summed E-state index contributed by atoms with van der Waals surface area (Å²) in [6.07, 6.45) is 3.78. The summed E-state index contributed by atoms with van der Waals surface area (Å²) in [5.41, 5.74) is 1.64. The van der Waals surface area contributed by atoms with E-state index in [1.807, 2.05) is 12.1 Å². The predicted molar refractivity (Wildman–Crippen MR) is 94.6 cm³/mol. The van der Waals surface area contributed by atoms with Crippen molar-refractivity contribution in [2.24, 2.45) is 11.3 Å². The van der Waals surface area contributed by atoms with Crippen molar-refractivity contribution in [3.05, 3.63) is 35.4 Å². The molecule has 27 heavy (non-hydrogen) atoms. The number of carboxylic acids is 1. The molecule has 142 valence electrons. The number of nitrogens with zero attached hydrogens (tertiary/aromatic N) is 1. The highest BCUT2D eigenvalue weighted by molar-refractivity contribution is 6.21. The summed E-state index contributed by atoms with van der Waals surface area (Å²) in [6, 6.07) is 8.15. The van der Waals surface area contributed by atoms with Gasteiger partial charge in [0.2, 0.25) is 11.8 Å². The molecule has 2 aliphatic carbocycles. The minimum atomic E-state index is -1.44. The number of aliphatic carboxylic acids is 1. The van der Waals surface area contributed by atoms with Crippen molar-refractivity contribution in [2.45, 2.75) is 38.1 Å². The second-order valence-corrected chi connectivity index (χ2v) is 7.90. The first-order valence-corrected chi connectivity index (χ1v) is 9.31. The third kappa shape index (κ3) is 3.46. The van der Waals surface area contributed by atoms with Crippen molar-refractivity contribution in [3.8, 4) is 0 Å². The zero-order chi connectivity index (χ0) is 19.2. The summed E-state index contributed by atoms with van der Waals surface area (Å²) < 4.78 is 0. The number of carbonyl (C=O) groups excluding carboxylic acids is 3. The van der Waals surface area contributed by atoms with Crippen molar-refractivity contribution in [1.29, 1.82) is 0 Å². The van der Waals surface area contributed by atoms with Crippen LogP contribution in [0.25, 0.3) is 0 Å². The number of nitrogens with one attached hydrogen (secondary N) is 1. The molecule has 2 amide bonds. The summed E-state index contributed by atoms with van der Waals surface area (Å²) >= 11 is 0. The number of carbonyl (C=O) groups is 4. The standard InChI is InChI=1S/C20H22N2O5/c23-15(24)9-21-18(26)16-17(25)20(7-8-20)11-22(19(16)27)10-12-1-3-13(4-2-12)14-5-6-14/h1-4,14,16H,5-11H2,(H,21,26)(H,23,24). The maximum absolute atomic E-state index is 12.8. The van der Waals surface area contributed by atoms with Crippen LogP contribution in [0.1, 0.15) is 42.7 Å². The van der Waals surface area contributed by atoms with Crippen LogP contribution in [0.15, 0.2) is 24.3 Å². The molecule has 1 atom stereocenters. The van der Waals surface area contributed by atoms with E-state index in [9.17, 15) is 19.2 Å². The van der Waals surface area contributed by atoms with Crippen LogP contribution in [-0.4, -0.2) is 46.7 Å². The van der Waals surface area contributed by atoms with Crippen LogP contribution in [0.3, 0.4) is 0 Å². The molecule has 4 rings (SSSR count). The highest BCUT2D eigenvalue weighted by Crippen LogP contribution is 2.51. The summed E-state index contributed by atoms with van der Waals surface area (Å²) in [5.74, 6) is -3.71. The number of rotatable bonds is 6. The molecule has 1 aromatic carbocycles. The molecule has 1 aliphatic heterocycles. The minimum absolute atomic E-state index is 0.331. The maximum atomic E-state index is 12.8. The van der Waals surface area contributed by atoms with Crippen molar-refractivity contribution in [1.82, 2.24) is 10.2 Å². The molecule has 0 radical (unpaired) electrons. The zero-order valence-corrected chi connectivity index (χ0v) is 14.9. The fourth-order valence-electron chi connectivity index (χ4n) is 3.84. The van der Waals surface area contributed by atoms with E-state index < -0.39 is 35.7 Å². The highest BCUT2D eigenvalue weighted by atomic mass is 16.4. The number of likely N-dealkylation sites (tertiary alicyclic amines) is 1. The topological polar surface area (TPSA) is 104 Å². The van der Waals surface area contributed by atoms with E-state index in [0.29, 0.717) is 31.8 Å². The molecule has 1 aromatic rings. The first-order valence-electron chi connectivity index (χ1n) is 9.31. The summed E-state index contributed by atoms with van der Waals surface area (Å²) in [5, 5.41) is 10.9. The van der Waals surface area contributed by atoms with Gasteiger partial charge < -0.3 is 15.3 Å². The molecule has 2 N–H and O–H groups in total. The van der Waals surface area contributed by atoms with Crippen molar-refractivity contribution in [2.75, 3.05) is 13.1 Å². The normalized spacial score (nSPS) is 23.4. The van der Waals surface area contributed by atoms with Crippen molar-refractivity contribution in [3.63, 3.8) is 0 Å². The van der Waals surface area contributed by atoms with Gasteiger partial charge in [-0.1, -0.05) is 24.3 Å². The Morgan fingerprint density at radius 2 is 1.81 bits per heavy atom. The van der Waals surface area contributed by atoms with Gasteiger partial charge in [0.25, 0.3) is 0 Å². The number of amides is 2.